The number of benzene rings is 2. The van der Waals surface area contributed by atoms with Gasteiger partial charge in [-0.2, -0.15) is 0 Å². The highest BCUT2D eigenvalue weighted by Crippen LogP contribution is 2.27. The van der Waals surface area contributed by atoms with Gasteiger partial charge in [0.25, 0.3) is 15.9 Å². The van der Waals surface area contributed by atoms with E-state index >= 15 is 0 Å². The number of carbonyl (C=O) groups is 2. The van der Waals surface area contributed by atoms with Crippen LogP contribution in [-0.4, -0.2) is 20.2 Å². The van der Waals surface area contributed by atoms with Gasteiger partial charge in [-0.15, -0.1) is 0 Å². The molecular weight excluding hydrogens is 402 g/mol. The fourth-order valence-electron chi connectivity index (χ4n) is 2.59. The van der Waals surface area contributed by atoms with Gasteiger partial charge < -0.3 is 0 Å². The molecule has 0 saturated heterocycles. The Hall–Kier alpha value is -2.87. The van der Waals surface area contributed by atoms with E-state index in [0.29, 0.717) is 11.3 Å². The number of rotatable bonds is 5. The first kappa shape index (κ1) is 23.4. The molecule has 7 nitrogen and oxygen atoms in total. The molecule has 0 fully saturated rings. The molecule has 0 saturated carbocycles. The zero-order valence-corrected chi connectivity index (χ0v) is 19.0. The molecule has 0 unspecified atom stereocenters. The van der Waals surface area contributed by atoms with Crippen molar-refractivity contribution in [3.05, 3.63) is 59.2 Å². The van der Waals surface area contributed by atoms with Gasteiger partial charge in [-0.1, -0.05) is 46.8 Å². The SMILES string of the molecule is Cc1ccc(C(C)(C)C)cc1S(=O)(=O)Nc1ccc(C(=O)NNC(=O)C(C)C)cc1. The van der Waals surface area contributed by atoms with E-state index in [9.17, 15) is 18.0 Å². The van der Waals surface area contributed by atoms with Gasteiger partial charge in [0.15, 0.2) is 0 Å². The first-order valence-electron chi connectivity index (χ1n) is 9.65. The van der Waals surface area contributed by atoms with E-state index in [1.54, 1.807) is 32.9 Å². The van der Waals surface area contributed by atoms with Gasteiger partial charge in [0.05, 0.1) is 4.90 Å². The highest BCUT2D eigenvalue weighted by Gasteiger charge is 2.21. The van der Waals surface area contributed by atoms with E-state index in [4.69, 9.17) is 0 Å². The molecule has 0 aliphatic carbocycles. The van der Waals surface area contributed by atoms with Crippen molar-refractivity contribution in [2.24, 2.45) is 5.92 Å². The molecular formula is C22H29N3O4S. The molecule has 2 rings (SSSR count). The lowest BCUT2D eigenvalue weighted by Gasteiger charge is -2.21. The molecule has 2 amide bonds. The second kappa shape index (κ2) is 8.87. The molecule has 0 aliphatic heterocycles. The lowest BCUT2D eigenvalue weighted by Crippen LogP contribution is -2.43. The van der Waals surface area contributed by atoms with Gasteiger partial charge >= 0.3 is 0 Å². The van der Waals surface area contributed by atoms with Crippen LogP contribution in [0, 0.1) is 12.8 Å². The van der Waals surface area contributed by atoms with Crippen LogP contribution in [0.4, 0.5) is 5.69 Å². The Labute approximate surface area is 178 Å². The third-order valence-electron chi connectivity index (χ3n) is 4.57. The molecule has 0 aromatic heterocycles. The fraction of sp³-hybridized carbons (Fsp3) is 0.364. The summed E-state index contributed by atoms with van der Waals surface area (Å²) in [6, 6.07) is 11.4. The smallest absolute Gasteiger partial charge is 0.269 e. The summed E-state index contributed by atoms with van der Waals surface area (Å²) in [6.45, 7) is 11.2. The van der Waals surface area contributed by atoms with Gasteiger partial charge in [-0.25, -0.2) is 8.42 Å². The summed E-state index contributed by atoms with van der Waals surface area (Å²) in [6.07, 6.45) is 0. The van der Waals surface area contributed by atoms with Crippen molar-refractivity contribution in [2.75, 3.05) is 4.72 Å². The Morgan fingerprint density at radius 1 is 0.933 bits per heavy atom. The molecule has 30 heavy (non-hydrogen) atoms. The minimum atomic E-state index is -3.80. The minimum absolute atomic E-state index is 0.183. The van der Waals surface area contributed by atoms with Crippen molar-refractivity contribution in [3.8, 4) is 0 Å². The maximum Gasteiger partial charge on any atom is 0.269 e. The van der Waals surface area contributed by atoms with Crippen LogP contribution in [-0.2, 0) is 20.2 Å². The van der Waals surface area contributed by atoms with E-state index in [2.05, 4.69) is 15.6 Å². The number of hydrazine groups is 1. The predicted octanol–water partition coefficient (Wildman–Crippen LogP) is 3.51. The largest absolute Gasteiger partial charge is 0.280 e. The second-order valence-corrected chi connectivity index (χ2v) is 10.2. The average molecular weight is 432 g/mol. The maximum absolute atomic E-state index is 12.9. The van der Waals surface area contributed by atoms with Gasteiger partial charge in [-0.05, 0) is 53.8 Å². The Morgan fingerprint density at radius 2 is 1.53 bits per heavy atom. The van der Waals surface area contributed by atoms with Crippen molar-refractivity contribution in [3.63, 3.8) is 0 Å². The first-order chi connectivity index (χ1) is 13.8. The summed E-state index contributed by atoms with van der Waals surface area (Å²) < 4.78 is 28.4. The number of anilines is 1. The number of aryl methyl sites for hydroxylation is 1. The number of sulfonamides is 1. The summed E-state index contributed by atoms with van der Waals surface area (Å²) in [5.41, 5.74) is 6.65. The molecule has 0 bridgehead atoms. The lowest BCUT2D eigenvalue weighted by atomic mass is 9.87. The topological polar surface area (TPSA) is 104 Å². The summed E-state index contributed by atoms with van der Waals surface area (Å²) in [5, 5.41) is 0. The zero-order valence-electron chi connectivity index (χ0n) is 18.2. The summed E-state index contributed by atoms with van der Waals surface area (Å²) in [5.74, 6) is -1.06. The van der Waals surface area contributed by atoms with E-state index < -0.39 is 15.9 Å². The molecule has 3 N–H and O–H groups in total. The quantitative estimate of drug-likeness (QED) is 0.630. The lowest BCUT2D eigenvalue weighted by molar-refractivity contribution is -0.124. The van der Waals surface area contributed by atoms with Crippen molar-refractivity contribution in [1.82, 2.24) is 10.9 Å². The van der Waals surface area contributed by atoms with Gasteiger partial charge in [0, 0.05) is 17.2 Å². The van der Waals surface area contributed by atoms with Crippen molar-refractivity contribution < 1.29 is 18.0 Å². The van der Waals surface area contributed by atoms with E-state index in [1.165, 1.54) is 24.3 Å². The van der Waals surface area contributed by atoms with Crippen LogP contribution in [0.5, 0.6) is 0 Å². The van der Waals surface area contributed by atoms with Gasteiger partial charge in [0.2, 0.25) is 5.91 Å². The Kier molecular flexibility index (Phi) is 6.92. The number of hydrogen-bond acceptors (Lipinski definition) is 4. The maximum atomic E-state index is 12.9. The van der Waals surface area contributed by atoms with Crippen molar-refractivity contribution >= 4 is 27.5 Å². The normalized spacial score (nSPS) is 11.8. The third-order valence-corrected chi connectivity index (χ3v) is 6.09. The van der Waals surface area contributed by atoms with Crippen LogP contribution >= 0.6 is 0 Å². The van der Waals surface area contributed by atoms with Crippen LogP contribution < -0.4 is 15.6 Å². The third kappa shape index (κ3) is 5.82. The van der Waals surface area contributed by atoms with Gasteiger partial charge in [-0.3, -0.25) is 25.2 Å². The van der Waals surface area contributed by atoms with Gasteiger partial charge in [0.1, 0.15) is 0 Å². The standard InChI is InChI=1S/C22H29N3O4S/c1-14(2)20(26)23-24-21(27)16-8-11-18(12-9-16)25-30(28,29)19-13-17(22(4,5)6)10-7-15(19)3/h7-14,25H,1-6H3,(H,23,26)(H,24,27). The minimum Gasteiger partial charge on any atom is -0.280 e. The highest BCUT2D eigenvalue weighted by molar-refractivity contribution is 7.92. The molecule has 2 aromatic carbocycles. The number of nitrogens with one attached hydrogen (secondary N) is 3. The molecule has 8 heteroatoms. The van der Waals surface area contributed by atoms with Crippen LogP contribution in [0.3, 0.4) is 0 Å². The van der Waals surface area contributed by atoms with Crippen molar-refractivity contribution in [2.45, 2.75) is 51.9 Å². The van der Waals surface area contributed by atoms with E-state index in [-0.39, 0.29) is 27.7 Å². The highest BCUT2D eigenvalue weighted by atomic mass is 32.2. The molecule has 0 atom stereocenters. The summed E-state index contributed by atoms with van der Waals surface area (Å²) in [4.78, 5) is 23.9. The van der Waals surface area contributed by atoms with E-state index in [0.717, 1.165) is 5.56 Å². The Bertz CT molecular complexity index is 1040. The Balaban J connectivity index is 2.17. The Morgan fingerprint density at radius 3 is 2.07 bits per heavy atom. The van der Waals surface area contributed by atoms with Crippen LogP contribution in [0.2, 0.25) is 0 Å². The molecule has 0 spiro atoms. The van der Waals surface area contributed by atoms with Crippen LogP contribution in [0.1, 0.15) is 56.1 Å². The number of carbonyl (C=O) groups excluding carboxylic acids is 2. The first-order valence-corrected chi connectivity index (χ1v) is 11.1. The van der Waals surface area contributed by atoms with Crippen molar-refractivity contribution in [1.29, 1.82) is 0 Å². The molecule has 0 heterocycles. The van der Waals surface area contributed by atoms with E-state index in [1.807, 2.05) is 26.8 Å². The fourth-order valence-corrected chi connectivity index (χ4v) is 3.92. The van der Waals surface area contributed by atoms with Crippen LogP contribution in [0.25, 0.3) is 0 Å². The monoisotopic (exact) mass is 431 g/mol. The molecule has 0 radical (unpaired) electrons. The number of amides is 2. The zero-order chi connectivity index (χ0) is 22.7. The summed E-state index contributed by atoms with van der Waals surface area (Å²) >= 11 is 0. The molecule has 0 aliphatic rings. The number of hydrogen-bond donors (Lipinski definition) is 3. The average Bonchev–Trinajstić information content (AvgIpc) is 2.65. The predicted molar refractivity (Wildman–Crippen MR) is 118 cm³/mol. The molecule has 2 aromatic rings. The summed E-state index contributed by atoms with van der Waals surface area (Å²) in [7, 11) is -3.80. The molecule has 162 valence electrons. The van der Waals surface area contributed by atoms with Crippen LogP contribution in [0.15, 0.2) is 47.4 Å². The second-order valence-electron chi connectivity index (χ2n) is 8.51.